The molecule has 2 heterocycles. The molecule has 3 rings (SSSR count). The molecule has 0 aliphatic carbocycles. The van der Waals surface area contributed by atoms with Gasteiger partial charge < -0.3 is 15.8 Å². The van der Waals surface area contributed by atoms with Crippen LogP contribution in [0.1, 0.15) is 34.7 Å². The first-order valence-electron chi connectivity index (χ1n) is 7.94. The number of hydrogen-bond donors (Lipinski definition) is 2. The van der Waals surface area contributed by atoms with E-state index in [1.54, 1.807) is 11.0 Å². The number of ether oxygens (including phenoxy) is 1. The van der Waals surface area contributed by atoms with Crippen LogP contribution in [0.3, 0.4) is 0 Å². The van der Waals surface area contributed by atoms with E-state index in [2.05, 4.69) is 25.4 Å². The number of nitrogen functional groups attached to an aromatic ring is 1. The molecule has 1 amide bonds. The third-order valence-corrected chi connectivity index (χ3v) is 3.81. The number of carbonyl (C=O) groups is 1. The topological polar surface area (TPSA) is 121 Å². The van der Waals surface area contributed by atoms with Crippen molar-refractivity contribution in [1.82, 2.24) is 30.0 Å². The third-order valence-electron chi connectivity index (χ3n) is 3.81. The van der Waals surface area contributed by atoms with Gasteiger partial charge in [0.2, 0.25) is 0 Å². The second kappa shape index (κ2) is 7.70. The normalized spacial score (nSPS) is 11.9. The second-order valence-corrected chi connectivity index (χ2v) is 5.64. The number of methoxy groups -OCH3 is 1. The van der Waals surface area contributed by atoms with Gasteiger partial charge in [-0.1, -0.05) is 12.1 Å². The molecule has 1 aromatic carbocycles. The summed E-state index contributed by atoms with van der Waals surface area (Å²) < 4.78 is 6.61. The van der Waals surface area contributed by atoms with E-state index in [-0.39, 0.29) is 29.9 Å². The van der Waals surface area contributed by atoms with Crippen molar-refractivity contribution in [3.8, 4) is 5.69 Å². The number of hydrogen-bond acceptors (Lipinski definition) is 7. The van der Waals surface area contributed by atoms with Gasteiger partial charge in [-0.15, -0.1) is 0 Å². The Balaban J connectivity index is 1.69. The number of rotatable bonds is 6. The molecule has 0 aliphatic heterocycles. The highest BCUT2D eigenvalue weighted by Crippen LogP contribution is 2.17. The maximum Gasteiger partial charge on any atom is 0.257 e. The predicted octanol–water partition coefficient (Wildman–Crippen LogP) is 1.28. The first-order chi connectivity index (χ1) is 12.6. The number of nitrogens with two attached hydrogens (primary N) is 1. The van der Waals surface area contributed by atoms with Crippen molar-refractivity contribution >= 4 is 11.7 Å². The molecule has 0 spiro atoms. The molecule has 0 bridgehead atoms. The number of amides is 1. The van der Waals surface area contributed by atoms with E-state index < -0.39 is 0 Å². The minimum atomic E-state index is -0.334. The molecule has 0 aliphatic rings. The molecule has 9 nitrogen and oxygen atoms in total. The van der Waals surface area contributed by atoms with Crippen molar-refractivity contribution in [2.75, 3.05) is 12.8 Å². The van der Waals surface area contributed by atoms with Gasteiger partial charge in [-0.3, -0.25) is 4.79 Å². The lowest BCUT2D eigenvalue weighted by Crippen LogP contribution is -2.28. The lowest BCUT2D eigenvalue weighted by molar-refractivity contribution is 0.0940. The second-order valence-electron chi connectivity index (χ2n) is 5.64. The zero-order valence-corrected chi connectivity index (χ0v) is 14.5. The molecule has 3 aromatic rings. The van der Waals surface area contributed by atoms with Gasteiger partial charge in [-0.25, -0.2) is 19.6 Å². The Hall–Kier alpha value is -3.33. The number of nitrogens with zero attached hydrogens (tertiary/aromatic N) is 5. The monoisotopic (exact) mass is 353 g/mol. The minimum Gasteiger partial charge on any atom is -0.383 e. The average molecular weight is 353 g/mol. The molecule has 134 valence electrons. The molecule has 9 heteroatoms. The molecule has 3 N–H and O–H groups in total. The highest BCUT2D eigenvalue weighted by Gasteiger charge is 2.16. The summed E-state index contributed by atoms with van der Waals surface area (Å²) in [6.07, 6.45) is 4.50. The fourth-order valence-electron chi connectivity index (χ4n) is 2.42. The summed E-state index contributed by atoms with van der Waals surface area (Å²) in [7, 11) is 1.54. The first kappa shape index (κ1) is 17.5. The van der Waals surface area contributed by atoms with Gasteiger partial charge in [-0.2, -0.15) is 5.10 Å². The average Bonchev–Trinajstić information content (AvgIpc) is 3.17. The molecule has 0 radical (unpaired) electrons. The van der Waals surface area contributed by atoms with Crippen molar-refractivity contribution in [1.29, 1.82) is 0 Å². The van der Waals surface area contributed by atoms with Crippen LogP contribution in [0, 0.1) is 0 Å². The Morgan fingerprint density at radius 2 is 2.12 bits per heavy atom. The van der Waals surface area contributed by atoms with E-state index in [0.717, 1.165) is 11.3 Å². The van der Waals surface area contributed by atoms with E-state index in [9.17, 15) is 4.79 Å². The van der Waals surface area contributed by atoms with Crippen LogP contribution in [-0.4, -0.2) is 37.7 Å². The molecule has 2 aromatic heterocycles. The highest BCUT2D eigenvalue weighted by molar-refractivity contribution is 5.98. The largest absolute Gasteiger partial charge is 0.383 e. The van der Waals surface area contributed by atoms with Crippen LogP contribution in [0.5, 0.6) is 0 Å². The number of anilines is 1. The lowest BCUT2D eigenvalue weighted by Gasteiger charge is -2.15. The van der Waals surface area contributed by atoms with Crippen LogP contribution in [0.25, 0.3) is 5.69 Å². The Bertz CT molecular complexity index is 879. The van der Waals surface area contributed by atoms with E-state index in [0.29, 0.717) is 5.82 Å². The predicted molar refractivity (Wildman–Crippen MR) is 94.4 cm³/mol. The number of aromatic nitrogens is 5. The molecule has 0 saturated heterocycles. The summed E-state index contributed by atoms with van der Waals surface area (Å²) in [4.78, 5) is 24.5. The van der Waals surface area contributed by atoms with Crippen molar-refractivity contribution in [2.24, 2.45) is 0 Å². The summed E-state index contributed by atoms with van der Waals surface area (Å²) in [5, 5.41) is 6.97. The van der Waals surface area contributed by atoms with Crippen molar-refractivity contribution in [3.63, 3.8) is 0 Å². The van der Waals surface area contributed by atoms with E-state index >= 15 is 0 Å². The Labute approximate surface area is 150 Å². The van der Waals surface area contributed by atoms with Crippen LogP contribution < -0.4 is 11.1 Å². The van der Waals surface area contributed by atoms with Crippen LogP contribution in [0.15, 0.2) is 43.1 Å². The Kier molecular flexibility index (Phi) is 5.18. The summed E-state index contributed by atoms with van der Waals surface area (Å²) in [5.41, 5.74) is 7.92. The Morgan fingerprint density at radius 3 is 2.73 bits per heavy atom. The first-order valence-corrected chi connectivity index (χ1v) is 7.94. The number of benzene rings is 1. The minimum absolute atomic E-state index is 0.123. The fourth-order valence-corrected chi connectivity index (χ4v) is 2.42. The molecule has 1 unspecified atom stereocenters. The number of nitrogens with one attached hydrogen (secondary N) is 1. The van der Waals surface area contributed by atoms with Gasteiger partial charge in [-0.05, 0) is 24.6 Å². The van der Waals surface area contributed by atoms with Gasteiger partial charge in [0.25, 0.3) is 5.91 Å². The van der Waals surface area contributed by atoms with E-state index in [1.165, 1.54) is 19.6 Å². The standard InChI is InChI=1S/C17H19N7O2/c1-11(12-3-5-13(6-4-12)24-10-19-9-21-24)22-17(25)14-7-20-15(8-26-2)23-16(14)18/h3-7,9-11H,8H2,1-2H3,(H,22,25)(H2,18,20,23). The SMILES string of the molecule is COCc1ncc(C(=O)NC(C)c2ccc(-n3cncn3)cc2)c(N)n1. The highest BCUT2D eigenvalue weighted by atomic mass is 16.5. The van der Waals surface area contributed by atoms with Gasteiger partial charge in [0.05, 0.1) is 17.3 Å². The van der Waals surface area contributed by atoms with E-state index in [1.807, 2.05) is 31.2 Å². The fraction of sp³-hybridized carbons (Fsp3) is 0.235. The summed E-state index contributed by atoms with van der Waals surface area (Å²) >= 11 is 0. The molecule has 26 heavy (non-hydrogen) atoms. The van der Waals surface area contributed by atoms with Crippen molar-refractivity contribution in [3.05, 3.63) is 60.1 Å². The summed E-state index contributed by atoms with van der Waals surface area (Å²) in [6, 6.07) is 7.44. The molecular weight excluding hydrogens is 334 g/mol. The lowest BCUT2D eigenvalue weighted by atomic mass is 10.1. The van der Waals surface area contributed by atoms with Crippen LogP contribution >= 0.6 is 0 Å². The van der Waals surface area contributed by atoms with Crippen LogP contribution in [0.2, 0.25) is 0 Å². The quantitative estimate of drug-likeness (QED) is 0.684. The zero-order chi connectivity index (χ0) is 18.5. The smallest absolute Gasteiger partial charge is 0.257 e. The molecular formula is C17H19N7O2. The van der Waals surface area contributed by atoms with Gasteiger partial charge >= 0.3 is 0 Å². The van der Waals surface area contributed by atoms with Gasteiger partial charge in [0.15, 0.2) is 5.82 Å². The molecule has 0 fully saturated rings. The Morgan fingerprint density at radius 1 is 1.35 bits per heavy atom. The third kappa shape index (κ3) is 3.83. The van der Waals surface area contributed by atoms with Crippen LogP contribution in [0.4, 0.5) is 5.82 Å². The van der Waals surface area contributed by atoms with Gasteiger partial charge in [0.1, 0.15) is 25.1 Å². The molecule has 0 saturated carbocycles. The van der Waals surface area contributed by atoms with Crippen molar-refractivity contribution < 1.29 is 9.53 Å². The number of carbonyl (C=O) groups excluding carboxylic acids is 1. The zero-order valence-electron chi connectivity index (χ0n) is 14.5. The maximum atomic E-state index is 12.4. The van der Waals surface area contributed by atoms with Gasteiger partial charge in [0, 0.05) is 13.3 Å². The van der Waals surface area contributed by atoms with Crippen LogP contribution in [-0.2, 0) is 11.3 Å². The van der Waals surface area contributed by atoms with Crippen molar-refractivity contribution in [2.45, 2.75) is 19.6 Å². The van der Waals surface area contributed by atoms with E-state index in [4.69, 9.17) is 10.5 Å². The summed E-state index contributed by atoms with van der Waals surface area (Å²) in [6.45, 7) is 2.12. The maximum absolute atomic E-state index is 12.4. The summed E-state index contributed by atoms with van der Waals surface area (Å²) in [5.74, 6) is 0.218. The molecule has 1 atom stereocenters.